The third-order valence-corrected chi connectivity index (χ3v) is 5.54. The number of nitrogens with one attached hydrogen (secondary N) is 1. The Balaban J connectivity index is 2.32. The average molecular weight is 316 g/mol. The molecule has 2 rings (SSSR count). The molecule has 3 N–H and O–H groups in total. The van der Waals surface area contributed by atoms with E-state index >= 15 is 0 Å². The van der Waals surface area contributed by atoms with Crippen molar-refractivity contribution < 1.29 is 12.8 Å². The number of rotatable bonds is 4. The molecule has 110 valence electrons. The molecule has 0 saturated heterocycles. The lowest BCUT2D eigenvalue weighted by Gasteiger charge is -2.36. The van der Waals surface area contributed by atoms with Gasteiger partial charge in [0.1, 0.15) is 5.82 Å². The topological polar surface area (TPSA) is 72.2 Å². The van der Waals surface area contributed by atoms with Gasteiger partial charge in [0.2, 0.25) is 10.0 Å². The lowest BCUT2D eigenvalue weighted by atomic mass is 9.82. The lowest BCUT2D eigenvalue weighted by molar-refractivity contribution is 0.353. The Hall–Kier alpha value is -1.05. The summed E-state index contributed by atoms with van der Waals surface area (Å²) >= 11 is 5.05. The van der Waals surface area contributed by atoms with E-state index in [1.54, 1.807) is 0 Å². The van der Waals surface area contributed by atoms with E-state index in [-0.39, 0.29) is 9.88 Å². The monoisotopic (exact) mass is 316 g/mol. The molecule has 0 atom stereocenters. The molecule has 4 nitrogen and oxygen atoms in total. The van der Waals surface area contributed by atoms with Crippen LogP contribution in [0.3, 0.4) is 0 Å². The molecule has 1 aromatic rings. The van der Waals surface area contributed by atoms with Gasteiger partial charge in [-0.05, 0) is 31.0 Å². The van der Waals surface area contributed by atoms with Gasteiger partial charge in [0.15, 0.2) is 0 Å². The Morgan fingerprint density at radius 3 is 2.50 bits per heavy atom. The van der Waals surface area contributed by atoms with Crippen LogP contribution in [-0.4, -0.2) is 18.9 Å². The van der Waals surface area contributed by atoms with Crippen molar-refractivity contribution in [2.24, 2.45) is 5.73 Å². The summed E-state index contributed by atoms with van der Waals surface area (Å²) in [6.45, 7) is 0. The zero-order chi connectivity index (χ0) is 14.8. The molecular weight excluding hydrogens is 299 g/mol. The predicted octanol–water partition coefficient (Wildman–Crippen LogP) is 2.09. The average Bonchev–Trinajstić information content (AvgIpc) is 2.39. The Bertz CT molecular complexity index is 611. The molecule has 0 aromatic heterocycles. The molecule has 20 heavy (non-hydrogen) atoms. The molecular formula is C13H17FN2O2S2. The highest BCUT2D eigenvalue weighted by molar-refractivity contribution is 7.89. The largest absolute Gasteiger partial charge is 0.392 e. The SMILES string of the molecule is NC(=S)C1(NS(=O)(=O)c2cccc(F)c2)CCCCC1. The van der Waals surface area contributed by atoms with Crippen LogP contribution in [0.1, 0.15) is 32.1 Å². The van der Waals surface area contributed by atoms with E-state index in [4.69, 9.17) is 18.0 Å². The zero-order valence-corrected chi connectivity index (χ0v) is 12.6. The van der Waals surface area contributed by atoms with Gasteiger partial charge in [-0.3, -0.25) is 0 Å². The van der Waals surface area contributed by atoms with Crippen molar-refractivity contribution in [1.82, 2.24) is 4.72 Å². The number of benzene rings is 1. The van der Waals surface area contributed by atoms with E-state index in [0.29, 0.717) is 12.8 Å². The number of hydrogen-bond acceptors (Lipinski definition) is 3. The standard InChI is InChI=1S/C13H17FN2O2S2/c14-10-5-4-6-11(9-10)20(17,18)16-13(12(15)19)7-2-1-3-8-13/h4-6,9,16H,1-3,7-8H2,(H2,15,19). The fourth-order valence-corrected chi connectivity index (χ4v) is 4.30. The number of sulfonamides is 1. The lowest BCUT2D eigenvalue weighted by Crippen LogP contribution is -2.57. The summed E-state index contributed by atoms with van der Waals surface area (Å²) in [5, 5.41) is 0. The second-order valence-corrected chi connectivity index (χ2v) is 7.19. The molecule has 0 radical (unpaired) electrons. The first-order chi connectivity index (χ1) is 9.36. The van der Waals surface area contributed by atoms with Gasteiger partial charge in [-0.15, -0.1) is 0 Å². The van der Waals surface area contributed by atoms with Gasteiger partial charge in [0, 0.05) is 0 Å². The third-order valence-electron chi connectivity index (χ3n) is 3.61. The van der Waals surface area contributed by atoms with Gasteiger partial charge >= 0.3 is 0 Å². The van der Waals surface area contributed by atoms with E-state index < -0.39 is 21.4 Å². The van der Waals surface area contributed by atoms with E-state index in [9.17, 15) is 12.8 Å². The highest BCUT2D eigenvalue weighted by atomic mass is 32.2. The van der Waals surface area contributed by atoms with Gasteiger partial charge in [-0.1, -0.05) is 37.5 Å². The van der Waals surface area contributed by atoms with Gasteiger partial charge in [0.05, 0.1) is 15.4 Å². The van der Waals surface area contributed by atoms with Crippen molar-refractivity contribution >= 4 is 27.2 Å². The quantitative estimate of drug-likeness (QED) is 0.834. The second kappa shape index (κ2) is 5.75. The molecule has 1 saturated carbocycles. The summed E-state index contributed by atoms with van der Waals surface area (Å²) in [4.78, 5) is 0.0378. The van der Waals surface area contributed by atoms with E-state index in [1.807, 2.05) is 0 Å². The highest BCUT2D eigenvalue weighted by Gasteiger charge is 2.39. The molecule has 0 amide bonds. The van der Waals surface area contributed by atoms with Gasteiger partial charge < -0.3 is 5.73 Å². The van der Waals surface area contributed by atoms with Crippen LogP contribution in [-0.2, 0) is 10.0 Å². The Morgan fingerprint density at radius 2 is 1.95 bits per heavy atom. The number of hydrogen-bond donors (Lipinski definition) is 2. The highest BCUT2D eigenvalue weighted by Crippen LogP contribution is 2.30. The molecule has 1 aliphatic carbocycles. The van der Waals surface area contributed by atoms with Crippen LogP contribution >= 0.6 is 12.2 Å². The van der Waals surface area contributed by atoms with E-state index in [0.717, 1.165) is 25.3 Å². The predicted molar refractivity (Wildman–Crippen MR) is 79.3 cm³/mol. The van der Waals surface area contributed by atoms with Crippen molar-refractivity contribution in [3.05, 3.63) is 30.1 Å². The van der Waals surface area contributed by atoms with Crippen LogP contribution in [0.15, 0.2) is 29.2 Å². The maximum atomic E-state index is 13.2. The molecule has 0 unspecified atom stereocenters. The third kappa shape index (κ3) is 3.16. The molecule has 1 aliphatic rings. The molecule has 7 heteroatoms. The Kier molecular flexibility index (Phi) is 4.41. The molecule has 0 heterocycles. The zero-order valence-electron chi connectivity index (χ0n) is 10.9. The van der Waals surface area contributed by atoms with Gasteiger partial charge in [-0.25, -0.2) is 12.8 Å². The van der Waals surface area contributed by atoms with E-state index in [1.165, 1.54) is 18.2 Å². The summed E-state index contributed by atoms with van der Waals surface area (Å²) in [5.74, 6) is -0.596. The summed E-state index contributed by atoms with van der Waals surface area (Å²) in [6.07, 6.45) is 3.92. The maximum absolute atomic E-state index is 13.2. The minimum atomic E-state index is -3.84. The summed E-state index contributed by atoms with van der Waals surface area (Å²) in [7, 11) is -3.84. The molecule has 0 spiro atoms. The van der Waals surface area contributed by atoms with E-state index in [2.05, 4.69) is 4.72 Å². The first-order valence-corrected chi connectivity index (χ1v) is 8.34. The summed E-state index contributed by atoms with van der Waals surface area (Å²) < 4.78 is 40.5. The first-order valence-electron chi connectivity index (χ1n) is 6.45. The van der Waals surface area contributed by atoms with Crippen molar-refractivity contribution in [1.29, 1.82) is 0 Å². The smallest absolute Gasteiger partial charge is 0.241 e. The second-order valence-electron chi connectivity index (χ2n) is 5.07. The van der Waals surface area contributed by atoms with Crippen molar-refractivity contribution in [3.63, 3.8) is 0 Å². The number of nitrogens with two attached hydrogens (primary N) is 1. The summed E-state index contributed by atoms with van der Waals surface area (Å²) in [6, 6.07) is 4.89. The number of thiocarbonyl (C=S) groups is 1. The number of halogens is 1. The normalized spacial score (nSPS) is 18.6. The summed E-state index contributed by atoms with van der Waals surface area (Å²) in [5.41, 5.74) is 4.86. The Morgan fingerprint density at radius 1 is 1.30 bits per heavy atom. The van der Waals surface area contributed by atoms with Crippen molar-refractivity contribution in [3.8, 4) is 0 Å². The molecule has 1 aromatic carbocycles. The van der Waals surface area contributed by atoms with Crippen molar-refractivity contribution in [2.75, 3.05) is 0 Å². The minimum Gasteiger partial charge on any atom is -0.392 e. The fourth-order valence-electron chi connectivity index (χ4n) is 2.50. The Labute approximate surface area is 123 Å². The first kappa shape index (κ1) is 15.3. The van der Waals surface area contributed by atoms with Gasteiger partial charge in [-0.2, -0.15) is 4.72 Å². The van der Waals surface area contributed by atoms with Crippen LogP contribution in [0.4, 0.5) is 4.39 Å². The van der Waals surface area contributed by atoms with Crippen LogP contribution in [0, 0.1) is 5.82 Å². The van der Waals surface area contributed by atoms with Crippen LogP contribution in [0.25, 0.3) is 0 Å². The molecule has 1 fully saturated rings. The van der Waals surface area contributed by atoms with Gasteiger partial charge in [0.25, 0.3) is 0 Å². The minimum absolute atomic E-state index is 0.112. The molecule has 0 bridgehead atoms. The van der Waals surface area contributed by atoms with Crippen LogP contribution < -0.4 is 10.5 Å². The van der Waals surface area contributed by atoms with Crippen LogP contribution in [0.5, 0.6) is 0 Å². The molecule has 0 aliphatic heterocycles. The van der Waals surface area contributed by atoms with Crippen LogP contribution in [0.2, 0.25) is 0 Å². The van der Waals surface area contributed by atoms with Crippen molar-refractivity contribution in [2.45, 2.75) is 42.5 Å². The fraction of sp³-hybridized carbons (Fsp3) is 0.462. The maximum Gasteiger partial charge on any atom is 0.241 e.